The first-order valence-electron chi connectivity index (χ1n) is 9.88. The van der Waals surface area contributed by atoms with Crippen LogP contribution in [0.5, 0.6) is 5.75 Å². The van der Waals surface area contributed by atoms with Crippen LogP contribution < -0.4 is 0 Å². The van der Waals surface area contributed by atoms with Crippen molar-refractivity contribution in [2.45, 2.75) is 21.6 Å². The van der Waals surface area contributed by atoms with Crippen LogP contribution in [-0.4, -0.2) is 75.6 Å². The molecule has 0 bridgehead atoms. The maximum atomic E-state index is 11.8. The van der Waals surface area contributed by atoms with Gasteiger partial charge in [-0.2, -0.15) is 25.3 Å². The fraction of sp³-hybridized carbons (Fsp3) is 0.190. The van der Waals surface area contributed by atoms with E-state index in [1.165, 1.54) is 12.1 Å². The third-order valence-electron chi connectivity index (χ3n) is 5.54. The summed E-state index contributed by atoms with van der Waals surface area (Å²) in [5.41, 5.74) is 0. The van der Waals surface area contributed by atoms with Crippen molar-refractivity contribution in [3.63, 3.8) is 0 Å². The predicted molar refractivity (Wildman–Crippen MR) is 130 cm³/mol. The van der Waals surface area contributed by atoms with E-state index >= 15 is 0 Å². The van der Waals surface area contributed by atoms with Crippen LogP contribution in [-0.2, 0) is 35.1 Å². The van der Waals surface area contributed by atoms with Crippen LogP contribution in [0.15, 0.2) is 51.1 Å². The molecule has 194 valence electrons. The van der Waals surface area contributed by atoms with Crippen molar-refractivity contribution in [3.05, 3.63) is 36.4 Å². The third-order valence-corrected chi connectivity index (χ3v) is 8.22. The molecule has 0 heterocycles. The second kappa shape index (κ2) is 8.58. The van der Waals surface area contributed by atoms with Crippen LogP contribution in [0, 0.1) is 0 Å². The van der Waals surface area contributed by atoms with E-state index in [2.05, 4.69) is 0 Å². The Balaban J connectivity index is 0.000000454. The molecule has 4 aromatic carbocycles. The van der Waals surface area contributed by atoms with Crippen molar-refractivity contribution in [1.82, 2.24) is 0 Å². The molecule has 0 saturated heterocycles. The summed E-state index contributed by atoms with van der Waals surface area (Å²) < 4.78 is 99.9. The molecule has 0 aliphatic carbocycles. The van der Waals surface area contributed by atoms with Crippen molar-refractivity contribution in [2.75, 3.05) is 21.1 Å². The van der Waals surface area contributed by atoms with Gasteiger partial charge in [0.15, 0.2) is 0 Å². The first kappa shape index (κ1) is 27.7. The van der Waals surface area contributed by atoms with E-state index in [9.17, 15) is 48.8 Å². The highest BCUT2D eigenvalue weighted by atomic mass is 32.2. The maximum absolute atomic E-state index is 11.8. The van der Waals surface area contributed by atoms with Gasteiger partial charge < -0.3 is 5.11 Å². The van der Waals surface area contributed by atoms with Crippen LogP contribution in [0.25, 0.3) is 32.3 Å². The Hall–Kier alpha value is -2.92. The van der Waals surface area contributed by atoms with Crippen molar-refractivity contribution in [3.8, 4) is 5.75 Å². The van der Waals surface area contributed by atoms with Crippen LogP contribution in [0.1, 0.15) is 6.92 Å². The van der Waals surface area contributed by atoms with Gasteiger partial charge in [0.05, 0.1) is 28.1 Å². The predicted octanol–water partition coefficient (Wildman–Crippen LogP) is 2.27. The number of aromatic hydroxyl groups is 1. The maximum Gasteiger partial charge on any atom is 0.309 e. The van der Waals surface area contributed by atoms with Crippen LogP contribution >= 0.6 is 0 Å². The Morgan fingerprint density at radius 3 is 1.22 bits per heavy atom. The minimum Gasteiger partial charge on any atom is -0.507 e. The number of hydrogen-bond acceptors (Lipinski definition) is 8. The van der Waals surface area contributed by atoms with Crippen LogP contribution in [0.3, 0.4) is 0 Å². The van der Waals surface area contributed by atoms with Gasteiger partial charge in [-0.25, -0.2) is 4.79 Å². The highest BCUT2D eigenvalue weighted by Crippen LogP contribution is 2.44. The SMILES string of the molecule is CC(=O)[N+](C)(C)C.O=S(=O)(O)c1cc(O)c2ccc3c(S(=O)(=O)O)cc(S(=O)(=O)O)c4ccc1c2c34. The van der Waals surface area contributed by atoms with Gasteiger partial charge in [0, 0.05) is 38.4 Å². The Morgan fingerprint density at radius 1 is 0.639 bits per heavy atom. The Bertz CT molecular complexity index is 1820. The van der Waals surface area contributed by atoms with Crippen molar-refractivity contribution >= 4 is 68.6 Å². The quantitative estimate of drug-likeness (QED) is 0.163. The molecule has 0 aliphatic heterocycles. The molecule has 1 amide bonds. The Kier molecular flexibility index (Phi) is 6.60. The summed E-state index contributed by atoms with van der Waals surface area (Å²) >= 11 is 0. The third kappa shape index (κ3) is 4.99. The van der Waals surface area contributed by atoms with Gasteiger partial charge in [-0.1, -0.05) is 18.2 Å². The lowest BCUT2D eigenvalue weighted by atomic mass is 9.94. The zero-order valence-corrected chi connectivity index (χ0v) is 21.7. The first-order chi connectivity index (χ1) is 16.2. The summed E-state index contributed by atoms with van der Waals surface area (Å²) in [6, 6.07) is 6.07. The van der Waals surface area contributed by atoms with Gasteiger partial charge in [-0.3, -0.25) is 18.1 Å². The number of carbonyl (C=O) groups is 1. The van der Waals surface area contributed by atoms with E-state index in [-0.39, 0.29) is 38.2 Å². The van der Waals surface area contributed by atoms with Gasteiger partial charge in [-0.05, 0) is 12.1 Å². The molecule has 4 N–H and O–H groups in total. The molecule has 15 heteroatoms. The molecule has 12 nitrogen and oxygen atoms in total. The molecule has 0 aromatic heterocycles. The molecular formula is C21H22NO11S3+. The minimum atomic E-state index is -4.96. The summed E-state index contributed by atoms with van der Waals surface area (Å²) in [7, 11) is -9.20. The van der Waals surface area contributed by atoms with E-state index in [4.69, 9.17) is 0 Å². The minimum absolute atomic E-state index is 0.0271. The molecule has 0 saturated carbocycles. The lowest BCUT2D eigenvalue weighted by molar-refractivity contribution is -0.791. The molecule has 0 spiro atoms. The standard InChI is InChI=1S/C16H10O10S3.C5H12NO/c17-11-5-12(27(18,19)20)8-3-4-10-14(29(24,25)26)6-13(28(21,22)23)9-2-1-7(11)15(8)16(9)10;1-5(7)6(2,3)4/h1-6,17H,(H,18,19,20)(H,21,22,23)(H,24,25,26);1-4H3/q;+1. The molecule has 36 heavy (non-hydrogen) atoms. The summed E-state index contributed by atoms with van der Waals surface area (Å²) in [4.78, 5) is 8.06. The van der Waals surface area contributed by atoms with E-state index in [0.29, 0.717) is 10.5 Å². The monoisotopic (exact) mass is 560 g/mol. The molecule has 4 aromatic rings. The number of phenols is 1. The van der Waals surface area contributed by atoms with Crippen LogP contribution in [0.2, 0.25) is 0 Å². The normalized spacial score (nSPS) is 13.2. The van der Waals surface area contributed by atoms with Gasteiger partial charge in [0.2, 0.25) is 0 Å². The van der Waals surface area contributed by atoms with E-state index in [1.54, 1.807) is 6.92 Å². The molecule has 0 atom stereocenters. The van der Waals surface area contributed by atoms with Crippen LogP contribution in [0.4, 0.5) is 0 Å². The molecular weight excluding hydrogens is 538 g/mol. The van der Waals surface area contributed by atoms with E-state index in [1.807, 2.05) is 21.1 Å². The molecule has 0 fully saturated rings. The zero-order chi connectivity index (χ0) is 27.6. The summed E-state index contributed by atoms with van der Waals surface area (Å²) in [6.07, 6.45) is 0. The van der Waals surface area contributed by atoms with E-state index < -0.39 is 50.8 Å². The highest BCUT2D eigenvalue weighted by molar-refractivity contribution is 7.87. The summed E-state index contributed by atoms with van der Waals surface area (Å²) in [6.45, 7) is 1.58. The summed E-state index contributed by atoms with van der Waals surface area (Å²) in [5, 5.41) is 9.54. The van der Waals surface area contributed by atoms with Crippen molar-refractivity contribution in [1.29, 1.82) is 0 Å². The number of amides is 1. The van der Waals surface area contributed by atoms with Gasteiger partial charge >= 0.3 is 5.91 Å². The number of carbonyl (C=O) groups excluding carboxylic acids is 1. The molecule has 4 rings (SSSR count). The fourth-order valence-corrected chi connectivity index (χ4v) is 5.73. The largest absolute Gasteiger partial charge is 0.507 e. The smallest absolute Gasteiger partial charge is 0.309 e. The van der Waals surface area contributed by atoms with Crippen molar-refractivity contribution in [2.24, 2.45) is 0 Å². The van der Waals surface area contributed by atoms with Gasteiger partial charge in [-0.15, -0.1) is 0 Å². The summed E-state index contributed by atoms with van der Waals surface area (Å²) in [5.74, 6) is -0.398. The highest BCUT2D eigenvalue weighted by Gasteiger charge is 2.27. The average molecular weight is 561 g/mol. The second-order valence-electron chi connectivity index (χ2n) is 8.79. The number of hydrogen-bond donors (Lipinski definition) is 4. The van der Waals surface area contributed by atoms with Crippen molar-refractivity contribution < 1.29 is 53.3 Å². The topological polar surface area (TPSA) is 200 Å². The molecule has 0 unspecified atom stereocenters. The number of benzene rings is 4. The van der Waals surface area contributed by atoms with Gasteiger partial charge in [0.25, 0.3) is 30.4 Å². The number of nitrogens with zero attached hydrogens (tertiary/aromatic N) is 1. The molecule has 0 aliphatic rings. The second-order valence-corrected chi connectivity index (χ2v) is 13.0. The number of phenolic OH excluding ortho intramolecular Hbond substituents is 1. The molecule has 0 radical (unpaired) electrons. The van der Waals surface area contributed by atoms with Gasteiger partial charge in [0.1, 0.15) is 20.4 Å². The Morgan fingerprint density at radius 2 is 0.917 bits per heavy atom. The average Bonchev–Trinajstić information content (AvgIpc) is 2.69. The zero-order valence-electron chi connectivity index (χ0n) is 19.3. The lowest BCUT2D eigenvalue weighted by Gasteiger charge is -2.17. The lowest BCUT2D eigenvalue weighted by Crippen LogP contribution is -2.38. The fourth-order valence-electron chi connectivity index (χ4n) is 3.52. The number of quaternary nitrogens is 1. The Labute approximate surface area is 206 Å². The number of rotatable bonds is 3. The van der Waals surface area contributed by atoms with E-state index in [0.717, 1.165) is 18.2 Å². The first-order valence-corrected chi connectivity index (χ1v) is 14.2.